The van der Waals surface area contributed by atoms with E-state index in [1.54, 1.807) is 18.3 Å². The van der Waals surface area contributed by atoms with Crippen LogP contribution >= 0.6 is 0 Å². The van der Waals surface area contributed by atoms with Gasteiger partial charge in [0.2, 0.25) is 5.78 Å². The highest BCUT2D eigenvalue weighted by Crippen LogP contribution is 2.17. The molecule has 1 aromatic heterocycles. The molecule has 0 amide bonds. The molecule has 0 saturated heterocycles. The zero-order chi connectivity index (χ0) is 12.4. The summed E-state index contributed by atoms with van der Waals surface area (Å²) in [7, 11) is 0. The number of carbonyl (C=O) groups excluding carboxylic acids is 1. The van der Waals surface area contributed by atoms with E-state index in [9.17, 15) is 4.79 Å². The van der Waals surface area contributed by atoms with Crippen LogP contribution < -0.4 is 5.73 Å². The predicted molar refractivity (Wildman–Crippen MR) is 68.0 cm³/mol. The van der Waals surface area contributed by atoms with Gasteiger partial charge in [0.05, 0.1) is 5.69 Å². The van der Waals surface area contributed by atoms with Crippen molar-refractivity contribution in [1.82, 2.24) is 4.98 Å². The third-order valence-corrected chi connectivity index (χ3v) is 2.68. The van der Waals surface area contributed by atoms with E-state index in [-0.39, 0.29) is 5.78 Å². The Morgan fingerprint density at radius 2 is 2.00 bits per heavy atom. The van der Waals surface area contributed by atoms with Gasteiger partial charge in [0.15, 0.2) is 0 Å². The van der Waals surface area contributed by atoms with Gasteiger partial charge in [-0.25, -0.2) is 0 Å². The maximum absolute atomic E-state index is 12.3. The maximum Gasteiger partial charge on any atom is 0.213 e. The molecule has 0 aliphatic heterocycles. The Balaban J connectivity index is 2.48. The standard InChI is InChI=1S/C14H14N2O/c1-9-5-6-11(10(2)8-9)14(17)13-12(15)4-3-7-16-13/h3-8H,15H2,1-2H3. The molecule has 3 heteroatoms. The lowest BCUT2D eigenvalue weighted by atomic mass is 9.99. The van der Waals surface area contributed by atoms with Gasteiger partial charge in [-0.1, -0.05) is 23.8 Å². The molecular weight excluding hydrogens is 212 g/mol. The van der Waals surface area contributed by atoms with Crippen LogP contribution in [0.3, 0.4) is 0 Å². The Labute approximate surface area is 100 Å². The van der Waals surface area contributed by atoms with E-state index in [0.29, 0.717) is 16.9 Å². The third-order valence-electron chi connectivity index (χ3n) is 2.68. The number of hydrogen-bond acceptors (Lipinski definition) is 3. The fourth-order valence-corrected chi connectivity index (χ4v) is 1.80. The minimum atomic E-state index is -0.124. The second-order valence-corrected chi connectivity index (χ2v) is 4.09. The van der Waals surface area contributed by atoms with Gasteiger partial charge in [-0.15, -0.1) is 0 Å². The van der Waals surface area contributed by atoms with Crippen LogP contribution in [0.2, 0.25) is 0 Å². The number of nitrogen functional groups attached to an aromatic ring is 1. The van der Waals surface area contributed by atoms with Crippen molar-refractivity contribution in [3.8, 4) is 0 Å². The Hall–Kier alpha value is -2.16. The number of anilines is 1. The highest BCUT2D eigenvalue weighted by atomic mass is 16.1. The van der Waals surface area contributed by atoms with E-state index < -0.39 is 0 Å². The minimum absolute atomic E-state index is 0.124. The Morgan fingerprint density at radius 3 is 2.65 bits per heavy atom. The molecule has 2 aromatic rings. The van der Waals surface area contributed by atoms with Gasteiger partial charge in [-0.3, -0.25) is 9.78 Å². The lowest BCUT2D eigenvalue weighted by Crippen LogP contribution is -2.09. The Kier molecular flexibility index (Phi) is 2.91. The lowest BCUT2D eigenvalue weighted by molar-refractivity contribution is 0.103. The zero-order valence-electron chi connectivity index (χ0n) is 9.90. The second kappa shape index (κ2) is 4.37. The van der Waals surface area contributed by atoms with Crippen molar-refractivity contribution in [2.75, 3.05) is 5.73 Å². The van der Waals surface area contributed by atoms with Gasteiger partial charge in [-0.2, -0.15) is 0 Å². The SMILES string of the molecule is Cc1ccc(C(=O)c2ncccc2N)c(C)c1. The summed E-state index contributed by atoms with van der Waals surface area (Å²) in [6.45, 7) is 3.91. The molecule has 17 heavy (non-hydrogen) atoms. The summed E-state index contributed by atoms with van der Waals surface area (Å²) in [6.07, 6.45) is 1.58. The molecule has 2 N–H and O–H groups in total. The summed E-state index contributed by atoms with van der Waals surface area (Å²) in [5.74, 6) is -0.124. The van der Waals surface area contributed by atoms with E-state index in [1.807, 2.05) is 32.0 Å². The first kappa shape index (κ1) is 11.3. The van der Waals surface area contributed by atoms with Crippen LogP contribution in [0.15, 0.2) is 36.5 Å². The van der Waals surface area contributed by atoms with Gasteiger partial charge in [0.25, 0.3) is 0 Å². The van der Waals surface area contributed by atoms with Crippen molar-refractivity contribution < 1.29 is 4.79 Å². The Bertz CT molecular complexity index is 576. The summed E-state index contributed by atoms with van der Waals surface area (Å²) in [4.78, 5) is 16.3. The molecule has 0 spiro atoms. The fourth-order valence-electron chi connectivity index (χ4n) is 1.80. The van der Waals surface area contributed by atoms with Gasteiger partial charge < -0.3 is 5.73 Å². The number of benzene rings is 1. The number of ketones is 1. The quantitative estimate of drug-likeness (QED) is 0.800. The van der Waals surface area contributed by atoms with Crippen LogP contribution in [0.25, 0.3) is 0 Å². The maximum atomic E-state index is 12.3. The zero-order valence-corrected chi connectivity index (χ0v) is 9.90. The molecule has 0 saturated carbocycles. The van der Waals surface area contributed by atoms with Crippen molar-refractivity contribution in [2.45, 2.75) is 13.8 Å². The number of aryl methyl sites for hydroxylation is 2. The first-order valence-electron chi connectivity index (χ1n) is 5.42. The molecule has 0 unspecified atom stereocenters. The van der Waals surface area contributed by atoms with Crippen LogP contribution in [-0.4, -0.2) is 10.8 Å². The van der Waals surface area contributed by atoms with Crippen molar-refractivity contribution in [2.24, 2.45) is 0 Å². The minimum Gasteiger partial charge on any atom is -0.397 e. The summed E-state index contributed by atoms with van der Waals surface area (Å²) in [5.41, 5.74) is 9.22. The van der Waals surface area contributed by atoms with E-state index in [0.717, 1.165) is 11.1 Å². The number of carbonyl (C=O) groups is 1. The lowest BCUT2D eigenvalue weighted by Gasteiger charge is -2.07. The third kappa shape index (κ3) is 2.18. The molecule has 0 aliphatic carbocycles. The van der Waals surface area contributed by atoms with Gasteiger partial charge in [0, 0.05) is 11.8 Å². The highest BCUT2D eigenvalue weighted by Gasteiger charge is 2.15. The van der Waals surface area contributed by atoms with E-state index in [1.165, 1.54) is 0 Å². The molecule has 2 rings (SSSR count). The van der Waals surface area contributed by atoms with Gasteiger partial charge in [0.1, 0.15) is 5.69 Å². The monoisotopic (exact) mass is 226 g/mol. The van der Waals surface area contributed by atoms with Gasteiger partial charge >= 0.3 is 0 Å². The molecule has 86 valence electrons. The summed E-state index contributed by atoms with van der Waals surface area (Å²) in [6, 6.07) is 9.12. The van der Waals surface area contributed by atoms with Crippen molar-refractivity contribution in [3.63, 3.8) is 0 Å². The number of pyridine rings is 1. The number of nitrogens with two attached hydrogens (primary N) is 1. The molecule has 0 aliphatic rings. The summed E-state index contributed by atoms with van der Waals surface area (Å²) >= 11 is 0. The van der Waals surface area contributed by atoms with Crippen LogP contribution in [0.5, 0.6) is 0 Å². The van der Waals surface area contributed by atoms with Crippen molar-refractivity contribution >= 4 is 11.5 Å². The molecule has 0 atom stereocenters. The average Bonchev–Trinajstić information content (AvgIpc) is 2.29. The highest BCUT2D eigenvalue weighted by molar-refractivity contribution is 6.11. The van der Waals surface area contributed by atoms with Crippen LogP contribution in [0.4, 0.5) is 5.69 Å². The second-order valence-electron chi connectivity index (χ2n) is 4.09. The topological polar surface area (TPSA) is 56.0 Å². The molecule has 0 bridgehead atoms. The first-order valence-corrected chi connectivity index (χ1v) is 5.42. The number of nitrogens with zero attached hydrogens (tertiary/aromatic N) is 1. The van der Waals surface area contributed by atoms with E-state index >= 15 is 0 Å². The smallest absolute Gasteiger partial charge is 0.213 e. The molecular formula is C14H14N2O. The first-order chi connectivity index (χ1) is 8.09. The fraction of sp³-hybridized carbons (Fsp3) is 0.143. The van der Waals surface area contributed by atoms with Crippen LogP contribution in [0, 0.1) is 13.8 Å². The van der Waals surface area contributed by atoms with Crippen molar-refractivity contribution in [1.29, 1.82) is 0 Å². The molecule has 0 fully saturated rings. The molecule has 0 radical (unpaired) electrons. The summed E-state index contributed by atoms with van der Waals surface area (Å²) in [5, 5.41) is 0. The van der Waals surface area contributed by atoms with E-state index in [4.69, 9.17) is 5.73 Å². The van der Waals surface area contributed by atoms with Crippen LogP contribution in [0.1, 0.15) is 27.2 Å². The van der Waals surface area contributed by atoms with Crippen molar-refractivity contribution in [3.05, 3.63) is 58.9 Å². The van der Waals surface area contributed by atoms with E-state index in [2.05, 4.69) is 4.98 Å². The Morgan fingerprint density at radius 1 is 1.24 bits per heavy atom. The normalized spacial score (nSPS) is 10.2. The summed E-state index contributed by atoms with van der Waals surface area (Å²) < 4.78 is 0. The molecule has 3 nitrogen and oxygen atoms in total. The average molecular weight is 226 g/mol. The molecule has 1 heterocycles. The number of hydrogen-bond donors (Lipinski definition) is 1. The van der Waals surface area contributed by atoms with Gasteiger partial charge in [-0.05, 0) is 31.5 Å². The number of aromatic nitrogens is 1. The predicted octanol–water partition coefficient (Wildman–Crippen LogP) is 2.51. The largest absolute Gasteiger partial charge is 0.397 e. The molecule has 1 aromatic carbocycles. The number of rotatable bonds is 2. The van der Waals surface area contributed by atoms with Crippen LogP contribution in [-0.2, 0) is 0 Å².